The van der Waals surface area contributed by atoms with Gasteiger partial charge in [0.05, 0.1) is 18.1 Å². The molecule has 1 fully saturated rings. The van der Waals surface area contributed by atoms with E-state index in [9.17, 15) is 9.59 Å². The summed E-state index contributed by atoms with van der Waals surface area (Å²) < 4.78 is 8.87. The maximum Gasteiger partial charge on any atom is 0.330 e. The molecule has 33 heavy (non-hydrogen) atoms. The van der Waals surface area contributed by atoms with E-state index in [4.69, 9.17) is 10.5 Å². The first-order valence-electron chi connectivity index (χ1n) is 11.9. The summed E-state index contributed by atoms with van der Waals surface area (Å²) in [5.74, 6) is 0.427. The SMILES string of the molecule is COc1ccc2c(c1)CCCC2N1CCC(n2c(=O)n(C(C)C(N)=O)c3ccccc32)CC1. The summed E-state index contributed by atoms with van der Waals surface area (Å²) >= 11 is 0. The van der Waals surface area contributed by atoms with Gasteiger partial charge in [0.2, 0.25) is 5.91 Å². The van der Waals surface area contributed by atoms with Crippen LogP contribution in [0.15, 0.2) is 47.3 Å². The van der Waals surface area contributed by atoms with Gasteiger partial charge in [-0.3, -0.25) is 18.8 Å². The van der Waals surface area contributed by atoms with Crippen LogP contribution in [0.25, 0.3) is 11.0 Å². The van der Waals surface area contributed by atoms with Crippen LogP contribution < -0.4 is 16.2 Å². The van der Waals surface area contributed by atoms with E-state index in [0.717, 1.165) is 49.1 Å². The fourth-order valence-electron chi connectivity index (χ4n) is 5.78. The van der Waals surface area contributed by atoms with E-state index in [-0.39, 0.29) is 11.7 Å². The molecule has 0 radical (unpaired) electrons. The predicted octanol–water partition coefficient (Wildman–Crippen LogP) is 3.57. The molecule has 7 nitrogen and oxygen atoms in total. The van der Waals surface area contributed by atoms with Crippen LogP contribution in [0.2, 0.25) is 0 Å². The number of ether oxygens (including phenoxy) is 1. The Balaban J connectivity index is 1.40. The number of hydrogen-bond donors (Lipinski definition) is 1. The van der Waals surface area contributed by atoms with Crippen LogP contribution in [0, 0.1) is 0 Å². The topological polar surface area (TPSA) is 82.5 Å². The maximum atomic E-state index is 13.4. The molecule has 3 aromatic rings. The smallest absolute Gasteiger partial charge is 0.330 e. The Hall–Kier alpha value is -3.06. The molecule has 2 aliphatic rings. The number of imidazole rings is 1. The average molecular weight is 449 g/mol. The number of methoxy groups -OCH3 is 1. The van der Waals surface area contributed by atoms with E-state index < -0.39 is 11.9 Å². The fraction of sp³-hybridized carbons (Fsp3) is 0.462. The lowest BCUT2D eigenvalue weighted by molar-refractivity contribution is -0.120. The van der Waals surface area contributed by atoms with Gasteiger partial charge < -0.3 is 10.5 Å². The van der Waals surface area contributed by atoms with Gasteiger partial charge in [0.15, 0.2) is 0 Å². The molecule has 1 aliphatic heterocycles. The Morgan fingerprint density at radius 1 is 1.09 bits per heavy atom. The molecule has 1 saturated heterocycles. The van der Waals surface area contributed by atoms with Crippen LogP contribution in [-0.2, 0) is 11.2 Å². The zero-order chi connectivity index (χ0) is 23.1. The molecule has 2 unspecified atom stereocenters. The van der Waals surface area contributed by atoms with Crippen molar-refractivity contribution in [1.82, 2.24) is 14.0 Å². The van der Waals surface area contributed by atoms with E-state index in [1.54, 1.807) is 18.6 Å². The fourth-order valence-corrected chi connectivity index (χ4v) is 5.78. The summed E-state index contributed by atoms with van der Waals surface area (Å²) in [6, 6.07) is 14.0. The largest absolute Gasteiger partial charge is 0.497 e. The Morgan fingerprint density at radius 3 is 2.52 bits per heavy atom. The lowest BCUT2D eigenvalue weighted by Crippen LogP contribution is -2.41. The zero-order valence-electron chi connectivity index (χ0n) is 19.4. The van der Waals surface area contributed by atoms with E-state index in [1.165, 1.54) is 24.0 Å². The molecule has 0 bridgehead atoms. The monoisotopic (exact) mass is 448 g/mol. The summed E-state index contributed by atoms with van der Waals surface area (Å²) in [6.07, 6.45) is 5.26. The van der Waals surface area contributed by atoms with Crippen molar-refractivity contribution in [2.45, 2.75) is 57.2 Å². The highest BCUT2D eigenvalue weighted by atomic mass is 16.5. The normalized spacial score (nSPS) is 20.5. The van der Waals surface area contributed by atoms with Crippen molar-refractivity contribution in [3.8, 4) is 5.75 Å². The highest BCUT2D eigenvalue weighted by Crippen LogP contribution is 2.38. The van der Waals surface area contributed by atoms with Gasteiger partial charge in [0.1, 0.15) is 11.8 Å². The van der Waals surface area contributed by atoms with Crippen LogP contribution in [-0.4, -0.2) is 40.1 Å². The van der Waals surface area contributed by atoms with Crippen LogP contribution in [0.3, 0.4) is 0 Å². The number of hydrogen-bond acceptors (Lipinski definition) is 4. The van der Waals surface area contributed by atoms with E-state index in [1.807, 2.05) is 28.8 Å². The highest BCUT2D eigenvalue weighted by molar-refractivity contribution is 5.82. The number of fused-ring (bicyclic) bond motifs is 2. The molecule has 0 saturated carbocycles. The number of nitrogens with zero attached hydrogens (tertiary/aromatic N) is 3. The maximum absolute atomic E-state index is 13.4. The summed E-state index contributed by atoms with van der Waals surface area (Å²) in [5, 5.41) is 0. The molecular weight excluding hydrogens is 416 g/mol. The van der Waals surface area contributed by atoms with Crippen LogP contribution >= 0.6 is 0 Å². The number of aromatic nitrogens is 2. The van der Waals surface area contributed by atoms with Crippen LogP contribution in [0.1, 0.15) is 61.9 Å². The Labute approximate surface area is 193 Å². The van der Waals surface area contributed by atoms with Crippen LogP contribution in [0.4, 0.5) is 0 Å². The molecule has 0 spiro atoms. The van der Waals surface area contributed by atoms with Gasteiger partial charge in [0, 0.05) is 25.2 Å². The summed E-state index contributed by atoms with van der Waals surface area (Å²) in [7, 11) is 1.72. The number of likely N-dealkylation sites (tertiary alicyclic amines) is 1. The number of benzene rings is 2. The third-order valence-electron chi connectivity index (χ3n) is 7.55. The zero-order valence-corrected chi connectivity index (χ0v) is 19.4. The number of carbonyl (C=O) groups excluding carboxylic acids is 1. The molecule has 174 valence electrons. The van der Waals surface area contributed by atoms with Gasteiger partial charge in [0.25, 0.3) is 0 Å². The molecule has 5 rings (SSSR count). The van der Waals surface area contributed by atoms with Crippen molar-refractivity contribution in [3.05, 3.63) is 64.1 Å². The molecule has 1 aromatic heterocycles. The quantitative estimate of drug-likeness (QED) is 0.647. The van der Waals surface area contributed by atoms with E-state index in [0.29, 0.717) is 6.04 Å². The lowest BCUT2D eigenvalue weighted by Gasteiger charge is -2.40. The second kappa shape index (κ2) is 8.71. The molecule has 2 atom stereocenters. The van der Waals surface area contributed by atoms with Crippen molar-refractivity contribution in [1.29, 1.82) is 0 Å². The molecule has 2 heterocycles. The first-order valence-corrected chi connectivity index (χ1v) is 11.9. The second-order valence-electron chi connectivity index (χ2n) is 9.33. The lowest BCUT2D eigenvalue weighted by atomic mass is 9.85. The van der Waals surface area contributed by atoms with Crippen molar-refractivity contribution >= 4 is 16.9 Å². The molecule has 2 aromatic carbocycles. The third-order valence-corrected chi connectivity index (χ3v) is 7.55. The second-order valence-corrected chi connectivity index (χ2v) is 9.33. The van der Waals surface area contributed by atoms with Gasteiger partial charge in [-0.1, -0.05) is 18.2 Å². The standard InChI is InChI=1S/C26H32N4O3/c1-17(25(27)31)29-23-7-3-4-8-24(23)30(26(29)32)19-12-14-28(15-13-19)22-9-5-6-18-16-20(33-2)10-11-21(18)22/h3-4,7-8,10-11,16-17,19,22H,5-6,9,12-15H2,1-2H3,(H2,27,31). The number of rotatable bonds is 5. The molecule has 7 heteroatoms. The number of nitrogens with two attached hydrogens (primary N) is 1. The Morgan fingerprint density at radius 2 is 1.82 bits per heavy atom. The highest BCUT2D eigenvalue weighted by Gasteiger charge is 2.32. The Bertz CT molecular complexity index is 1240. The minimum atomic E-state index is -0.681. The van der Waals surface area contributed by atoms with Crippen molar-refractivity contribution in [2.75, 3.05) is 20.2 Å². The first kappa shape index (κ1) is 21.8. The van der Waals surface area contributed by atoms with Gasteiger partial charge in [-0.15, -0.1) is 0 Å². The summed E-state index contributed by atoms with van der Waals surface area (Å²) in [5.41, 5.74) is 9.87. The van der Waals surface area contributed by atoms with Gasteiger partial charge in [-0.05, 0) is 74.4 Å². The average Bonchev–Trinajstić information content (AvgIpc) is 3.14. The Kier molecular flexibility index (Phi) is 5.74. The number of primary amides is 1. The molecule has 1 aliphatic carbocycles. The van der Waals surface area contributed by atoms with E-state index in [2.05, 4.69) is 23.1 Å². The first-order chi connectivity index (χ1) is 16.0. The van der Waals surface area contributed by atoms with Gasteiger partial charge in [-0.25, -0.2) is 4.79 Å². The van der Waals surface area contributed by atoms with Crippen molar-refractivity contribution in [3.63, 3.8) is 0 Å². The van der Waals surface area contributed by atoms with Crippen LogP contribution in [0.5, 0.6) is 5.75 Å². The number of amides is 1. The molecular formula is C26H32N4O3. The van der Waals surface area contributed by atoms with Crippen molar-refractivity contribution in [2.24, 2.45) is 5.73 Å². The minimum absolute atomic E-state index is 0.110. The number of aryl methyl sites for hydroxylation is 1. The third kappa shape index (κ3) is 3.74. The summed E-state index contributed by atoms with van der Waals surface area (Å²) in [4.78, 5) is 27.9. The van der Waals surface area contributed by atoms with Crippen molar-refractivity contribution < 1.29 is 9.53 Å². The van der Waals surface area contributed by atoms with Gasteiger partial charge in [-0.2, -0.15) is 0 Å². The minimum Gasteiger partial charge on any atom is -0.497 e. The predicted molar refractivity (Wildman–Crippen MR) is 129 cm³/mol. The molecule has 1 amide bonds. The number of piperidine rings is 1. The van der Waals surface area contributed by atoms with E-state index >= 15 is 0 Å². The molecule has 2 N–H and O–H groups in total. The number of para-hydroxylation sites is 2. The van der Waals surface area contributed by atoms with Gasteiger partial charge >= 0.3 is 5.69 Å². The summed E-state index contributed by atoms with van der Waals surface area (Å²) in [6.45, 7) is 3.58. The number of carbonyl (C=O) groups is 1.